The van der Waals surface area contributed by atoms with Gasteiger partial charge in [0.25, 0.3) is 0 Å². The van der Waals surface area contributed by atoms with Crippen LogP contribution in [0.2, 0.25) is 0 Å². The molecule has 0 radical (unpaired) electrons. The van der Waals surface area contributed by atoms with Crippen LogP contribution in [0, 0.1) is 12.8 Å². The van der Waals surface area contributed by atoms with Gasteiger partial charge in [0, 0.05) is 12.0 Å². The van der Waals surface area contributed by atoms with Crippen molar-refractivity contribution in [1.82, 2.24) is 4.90 Å². The third kappa shape index (κ3) is 2.58. The van der Waals surface area contributed by atoms with Gasteiger partial charge in [-0.15, -0.1) is 0 Å². The van der Waals surface area contributed by atoms with Crippen LogP contribution < -0.4 is 0 Å². The van der Waals surface area contributed by atoms with E-state index in [9.17, 15) is 0 Å². The van der Waals surface area contributed by atoms with E-state index in [4.69, 9.17) is 0 Å². The van der Waals surface area contributed by atoms with Gasteiger partial charge < -0.3 is 0 Å². The van der Waals surface area contributed by atoms with Crippen molar-refractivity contribution in [2.24, 2.45) is 5.92 Å². The molecule has 2 atom stereocenters. The Bertz CT molecular complexity index is 400. The summed E-state index contributed by atoms with van der Waals surface area (Å²) < 4.78 is 0. The van der Waals surface area contributed by atoms with E-state index in [2.05, 4.69) is 43.0 Å². The average Bonchev–Trinajstić information content (AvgIpc) is 2.47. The first-order chi connectivity index (χ1) is 9.29. The number of fused-ring (bicyclic) bond motifs is 3. The first kappa shape index (κ1) is 13.2. The summed E-state index contributed by atoms with van der Waals surface area (Å²) >= 11 is 0. The van der Waals surface area contributed by atoms with Crippen molar-refractivity contribution in [2.45, 2.75) is 57.9 Å². The molecular weight excluding hydrogens is 230 g/mol. The number of rotatable bonds is 4. The second-order valence-corrected chi connectivity index (χ2v) is 6.52. The van der Waals surface area contributed by atoms with E-state index >= 15 is 0 Å². The van der Waals surface area contributed by atoms with E-state index in [1.807, 2.05) is 0 Å². The smallest absolute Gasteiger partial charge is 0.0167 e. The molecule has 0 aromatic heterocycles. The molecule has 3 fully saturated rings. The molecule has 0 saturated carbocycles. The zero-order valence-electron chi connectivity index (χ0n) is 12.4. The Hall–Kier alpha value is -0.820. The lowest BCUT2D eigenvalue weighted by molar-refractivity contribution is 0.0202. The maximum Gasteiger partial charge on any atom is 0.0167 e. The second kappa shape index (κ2) is 5.66. The minimum Gasteiger partial charge on any atom is -0.300 e. The van der Waals surface area contributed by atoms with Crippen molar-refractivity contribution in [2.75, 3.05) is 13.1 Å². The van der Waals surface area contributed by atoms with Crippen LogP contribution in [0.1, 0.15) is 56.1 Å². The molecule has 0 amide bonds. The second-order valence-electron chi connectivity index (χ2n) is 6.52. The molecule has 0 N–H and O–H groups in total. The van der Waals surface area contributed by atoms with Crippen molar-refractivity contribution in [3.63, 3.8) is 0 Å². The standard InChI is InChI=1S/C18H27N/c1-3-4-5-17-18(15-8-6-14(2)7-9-15)16-10-12-19(17)13-11-16/h6-9,16-18H,3-5,10-13H2,1-2H3/t17-,18-/m0/s1. The van der Waals surface area contributed by atoms with Crippen LogP contribution in [0.3, 0.4) is 0 Å². The van der Waals surface area contributed by atoms with Gasteiger partial charge in [0.05, 0.1) is 0 Å². The third-order valence-corrected chi connectivity index (χ3v) is 5.28. The lowest BCUT2D eigenvalue weighted by Gasteiger charge is -2.51. The van der Waals surface area contributed by atoms with Crippen LogP contribution in [0.25, 0.3) is 0 Å². The topological polar surface area (TPSA) is 3.24 Å². The molecule has 0 spiro atoms. The van der Waals surface area contributed by atoms with Crippen molar-refractivity contribution >= 4 is 0 Å². The molecule has 3 heterocycles. The molecule has 19 heavy (non-hydrogen) atoms. The zero-order valence-corrected chi connectivity index (χ0v) is 12.4. The molecule has 3 aliphatic heterocycles. The van der Waals surface area contributed by atoms with Crippen molar-refractivity contribution < 1.29 is 0 Å². The van der Waals surface area contributed by atoms with Crippen LogP contribution in [0.4, 0.5) is 0 Å². The quantitative estimate of drug-likeness (QED) is 0.774. The largest absolute Gasteiger partial charge is 0.300 e. The van der Waals surface area contributed by atoms with E-state index in [1.54, 1.807) is 5.56 Å². The van der Waals surface area contributed by atoms with Crippen LogP contribution in [0.5, 0.6) is 0 Å². The molecule has 2 bridgehead atoms. The van der Waals surface area contributed by atoms with Gasteiger partial charge in [-0.05, 0) is 50.8 Å². The molecule has 4 rings (SSSR count). The average molecular weight is 257 g/mol. The normalized spacial score (nSPS) is 33.6. The minimum atomic E-state index is 0.801. The molecule has 3 saturated heterocycles. The summed E-state index contributed by atoms with van der Waals surface area (Å²) in [5.74, 6) is 1.74. The fourth-order valence-corrected chi connectivity index (χ4v) is 4.21. The third-order valence-electron chi connectivity index (χ3n) is 5.28. The summed E-state index contributed by atoms with van der Waals surface area (Å²) in [4.78, 5) is 2.78. The molecule has 1 nitrogen and oxygen atoms in total. The Labute approximate surface area is 118 Å². The summed E-state index contributed by atoms with van der Waals surface area (Å²) in [5, 5.41) is 0. The molecular formula is C18H27N. The highest BCUT2D eigenvalue weighted by Gasteiger charge is 2.42. The van der Waals surface area contributed by atoms with Gasteiger partial charge in [-0.3, -0.25) is 4.90 Å². The highest BCUT2D eigenvalue weighted by Crippen LogP contribution is 2.44. The summed E-state index contributed by atoms with van der Waals surface area (Å²) in [5.41, 5.74) is 2.98. The molecule has 0 unspecified atom stereocenters. The first-order valence-electron chi connectivity index (χ1n) is 8.10. The zero-order chi connectivity index (χ0) is 13.2. The van der Waals surface area contributed by atoms with Gasteiger partial charge in [0.15, 0.2) is 0 Å². The number of nitrogens with zero attached hydrogens (tertiary/aromatic N) is 1. The van der Waals surface area contributed by atoms with Crippen molar-refractivity contribution in [1.29, 1.82) is 0 Å². The Kier molecular flexibility index (Phi) is 3.93. The van der Waals surface area contributed by atoms with Crippen molar-refractivity contribution in [3.05, 3.63) is 35.4 Å². The summed E-state index contributed by atoms with van der Waals surface area (Å²) in [7, 11) is 0. The van der Waals surface area contributed by atoms with Crippen LogP contribution in [0.15, 0.2) is 24.3 Å². The number of piperidine rings is 3. The number of hydrogen-bond donors (Lipinski definition) is 0. The molecule has 1 aromatic carbocycles. The maximum atomic E-state index is 2.78. The highest BCUT2D eigenvalue weighted by atomic mass is 15.2. The maximum absolute atomic E-state index is 2.78. The fraction of sp³-hybridized carbons (Fsp3) is 0.667. The van der Waals surface area contributed by atoms with Gasteiger partial charge >= 0.3 is 0 Å². The molecule has 1 heteroatoms. The predicted molar refractivity (Wildman–Crippen MR) is 81.5 cm³/mol. The Morgan fingerprint density at radius 3 is 2.42 bits per heavy atom. The lowest BCUT2D eigenvalue weighted by Crippen LogP contribution is -2.53. The summed E-state index contributed by atoms with van der Waals surface area (Å²) in [6.07, 6.45) is 6.94. The number of aryl methyl sites for hydroxylation is 1. The number of hydrogen-bond acceptors (Lipinski definition) is 1. The van der Waals surface area contributed by atoms with Crippen LogP contribution in [-0.2, 0) is 0 Å². The van der Waals surface area contributed by atoms with Gasteiger partial charge in [-0.1, -0.05) is 49.6 Å². The van der Waals surface area contributed by atoms with Gasteiger partial charge in [-0.25, -0.2) is 0 Å². The van der Waals surface area contributed by atoms with Crippen LogP contribution >= 0.6 is 0 Å². The summed E-state index contributed by atoms with van der Waals surface area (Å²) in [6.45, 7) is 7.20. The van der Waals surface area contributed by atoms with Gasteiger partial charge in [-0.2, -0.15) is 0 Å². The number of unbranched alkanes of at least 4 members (excludes halogenated alkanes) is 1. The SMILES string of the molecule is CCCC[C@H]1[C@@H](c2ccc(C)cc2)C2CCN1CC2. The van der Waals surface area contributed by atoms with E-state index in [-0.39, 0.29) is 0 Å². The Morgan fingerprint density at radius 1 is 1.11 bits per heavy atom. The van der Waals surface area contributed by atoms with Crippen molar-refractivity contribution in [3.8, 4) is 0 Å². The van der Waals surface area contributed by atoms with Gasteiger partial charge in [0.2, 0.25) is 0 Å². The molecule has 1 aromatic rings. The molecule has 3 aliphatic rings. The fourth-order valence-electron chi connectivity index (χ4n) is 4.21. The predicted octanol–water partition coefficient (Wildman–Crippen LogP) is 4.36. The monoisotopic (exact) mass is 257 g/mol. The van der Waals surface area contributed by atoms with Gasteiger partial charge in [0.1, 0.15) is 0 Å². The van der Waals surface area contributed by atoms with E-state index in [0.717, 1.165) is 17.9 Å². The number of benzene rings is 1. The van der Waals surface area contributed by atoms with E-state index < -0.39 is 0 Å². The molecule has 104 valence electrons. The highest BCUT2D eigenvalue weighted by molar-refractivity contribution is 5.28. The minimum absolute atomic E-state index is 0.801. The van der Waals surface area contributed by atoms with E-state index in [0.29, 0.717) is 0 Å². The summed E-state index contributed by atoms with van der Waals surface area (Å²) in [6, 6.07) is 10.2. The lowest BCUT2D eigenvalue weighted by atomic mass is 9.69. The molecule has 0 aliphatic carbocycles. The van der Waals surface area contributed by atoms with E-state index in [1.165, 1.54) is 50.8 Å². The Balaban J connectivity index is 1.84. The Morgan fingerprint density at radius 2 is 1.79 bits per heavy atom. The first-order valence-corrected chi connectivity index (χ1v) is 8.10. The van der Waals surface area contributed by atoms with Crippen LogP contribution in [-0.4, -0.2) is 24.0 Å².